The number of rotatable bonds is 6. The van der Waals surface area contributed by atoms with Gasteiger partial charge in [-0.05, 0) is 45.3 Å². The molecule has 4 heteroatoms. The van der Waals surface area contributed by atoms with E-state index in [0.29, 0.717) is 0 Å². The smallest absolute Gasteiger partial charge is 0.118 e. The van der Waals surface area contributed by atoms with Crippen LogP contribution >= 0.6 is 0 Å². The molecule has 2 heterocycles. The molecule has 1 N–H and O–H groups in total. The molecule has 0 aliphatic carbocycles. The number of hydrogen-bond donors (Lipinski definition) is 1. The Morgan fingerprint density at radius 3 is 2.22 bits per heavy atom. The lowest BCUT2D eigenvalue weighted by Gasteiger charge is -2.13. The fourth-order valence-corrected chi connectivity index (χ4v) is 1.93. The third kappa shape index (κ3) is 3.48. The van der Waals surface area contributed by atoms with Crippen LogP contribution in [0.3, 0.4) is 0 Å². The Kier molecular flexibility index (Phi) is 4.23. The van der Waals surface area contributed by atoms with Crippen molar-refractivity contribution >= 4 is 0 Å². The molecule has 0 amide bonds. The number of hydrogen-bond acceptors (Lipinski definition) is 4. The molecule has 0 aliphatic rings. The minimum Gasteiger partial charge on any atom is -0.465 e. The van der Waals surface area contributed by atoms with Crippen molar-refractivity contribution in [2.45, 2.75) is 26.6 Å². The van der Waals surface area contributed by atoms with Gasteiger partial charge in [-0.25, -0.2) is 0 Å². The van der Waals surface area contributed by atoms with Crippen LogP contribution in [0.4, 0.5) is 0 Å². The highest BCUT2D eigenvalue weighted by atomic mass is 16.3. The highest BCUT2D eigenvalue weighted by Crippen LogP contribution is 2.13. The molecule has 0 saturated heterocycles. The fourth-order valence-electron chi connectivity index (χ4n) is 1.93. The summed E-state index contributed by atoms with van der Waals surface area (Å²) in [7, 11) is 3.96. The maximum atomic E-state index is 5.70. The third-order valence-electron chi connectivity index (χ3n) is 2.72. The maximum absolute atomic E-state index is 5.70. The summed E-state index contributed by atoms with van der Waals surface area (Å²) in [6, 6.07) is 8.04. The van der Waals surface area contributed by atoms with Crippen LogP contribution in [-0.4, -0.2) is 19.0 Å². The first-order valence-electron chi connectivity index (χ1n) is 6.13. The van der Waals surface area contributed by atoms with E-state index in [-0.39, 0.29) is 0 Å². The van der Waals surface area contributed by atoms with Crippen LogP contribution in [0.2, 0.25) is 0 Å². The standard InChI is InChI=1S/C14H20N2O2/c1-11-4-5-13(17-11)9-16(3)10-14-7-6-12(18-14)8-15-2/h4-7,15H,8-10H2,1-3H3. The van der Waals surface area contributed by atoms with Crippen LogP contribution in [0.15, 0.2) is 33.1 Å². The maximum Gasteiger partial charge on any atom is 0.118 e. The molecular formula is C14H20N2O2. The molecule has 0 fully saturated rings. The lowest BCUT2D eigenvalue weighted by Crippen LogP contribution is -2.16. The van der Waals surface area contributed by atoms with Crippen LogP contribution in [0.25, 0.3) is 0 Å². The zero-order valence-corrected chi connectivity index (χ0v) is 11.2. The molecular weight excluding hydrogens is 228 g/mol. The minimum absolute atomic E-state index is 0.765. The van der Waals surface area contributed by atoms with Crippen LogP contribution in [0.5, 0.6) is 0 Å². The molecule has 0 saturated carbocycles. The highest BCUT2D eigenvalue weighted by Gasteiger charge is 2.07. The monoisotopic (exact) mass is 248 g/mol. The van der Waals surface area contributed by atoms with E-state index in [2.05, 4.69) is 17.3 Å². The van der Waals surface area contributed by atoms with Gasteiger partial charge in [0.05, 0.1) is 19.6 Å². The van der Waals surface area contributed by atoms with Crippen molar-refractivity contribution in [3.63, 3.8) is 0 Å². The van der Waals surface area contributed by atoms with Gasteiger partial charge in [0, 0.05) is 0 Å². The Bertz CT molecular complexity index is 487. The summed E-state index contributed by atoms with van der Waals surface area (Å²) in [4.78, 5) is 2.17. The quantitative estimate of drug-likeness (QED) is 0.853. The molecule has 2 rings (SSSR count). The van der Waals surface area contributed by atoms with Gasteiger partial charge < -0.3 is 14.2 Å². The predicted molar refractivity (Wildman–Crippen MR) is 70.1 cm³/mol. The lowest BCUT2D eigenvalue weighted by molar-refractivity contribution is 0.259. The zero-order chi connectivity index (χ0) is 13.0. The Hall–Kier alpha value is -1.52. The first-order chi connectivity index (χ1) is 8.67. The second kappa shape index (κ2) is 5.89. The van der Waals surface area contributed by atoms with Crippen LogP contribution in [0, 0.1) is 6.92 Å². The SMILES string of the molecule is CNCc1ccc(CN(C)Cc2ccc(C)o2)o1. The molecule has 0 aromatic carbocycles. The first-order valence-corrected chi connectivity index (χ1v) is 6.13. The van der Waals surface area contributed by atoms with E-state index in [0.717, 1.165) is 42.7 Å². The Balaban J connectivity index is 1.88. The topological polar surface area (TPSA) is 41.5 Å². The molecule has 2 aromatic rings. The summed E-state index contributed by atoms with van der Waals surface area (Å²) in [6.45, 7) is 4.29. The summed E-state index contributed by atoms with van der Waals surface area (Å²) < 4.78 is 11.3. The minimum atomic E-state index is 0.765. The Morgan fingerprint density at radius 2 is 1.61 bits per heavy atom. The van der Waals surface area contributed by atoms with Crippen molar-refractivity contribution in [3.05, 3.63) is 47.3 Å². The second-order valence-corrected chi connectivity index (χ2v) is 4.58. The molecule has 0 bridgehead atoms. The van der Waals surface area contributed by atoms with Gasteiger partial charge in [0.25, 0.3) is 0 Å². The van der Waals surface area contributed by atoms with Gasteiger partial charge >= 0.3 is 0 Å². The van der Waals surface area contributed by atoms with Gasteiger partial charge in [-0.2, -0.15) is 0 Å². The van der Waals surface area contributed by atoms with E-state index in [1.165, 1.54) is 0 Å². The van der Waals surface area contributed by atoms with Crippen LogP contribution in [-0.2, 0) is 19.6 Å². The molecule has 18 heavy (non-hydrogen) atoms. The van der Waals surface area contributed by atoms with Crippen molar-refractivity contribution < 1.29 is 8.83 Å². The molecule has 0 radical (unpaired) electrons. The largest absolute Gasteiger partial charge is 0.465 e. The van der Waals surface area contributed by atoms with E-state index in [4.69, 9.17) is 8.83 Å². The molecule has 0 aliphatic heterocycles. The molecule has 0 unspecified atom stereocenters. The van der Waals surface area contributed by atoms with Crippen LogP contribution < -0.4 is 5.32 Å². The first kappa shape index (κ1) is 12.9. The van der Waals surface area contributed by atoms with E-state index >= 15 is 0 Å². The average molecular weight is 248 g/mol. The second-order valence-electron chi connectivity index (χ2n) is 4.58. The van der Waals surface area contributed by atoms with Gasteiger partial charge in [-0.3, -0.25) is 4.90 Å². The Labute approximate surface area is 108 Å². The summed E-state index contributed by atoms with van der Waals surface area (Å²) in [5, 5.41) is 3.07. The molecule has 2 aromatic heterocycles. The summed E-state index contributed by atoms with van der Waals surface area (Å²) in [5.74, 6) is 3.88. The van der Waals surface area contributed by atoms with E-state index < -0.39 is 0 Å². The average Bonchev–Trinajstić information content (AvgIpc) is 2.89. The number of aryl methyl sites for hydroxylation is 1. The number of furan rings is 2. The summed E-state index contributed by atoms with van der Waals surface area (Å²) in [5.41, 5.74) is 0. The zero-order valence-electron chi connectivity index (χ0n) is 11.2. The van der Waals surface area contributed by atoms with Gasteiger partial charge in [-0.15, -0.1) is 0 Å². The van der Waals surface area contributed by atoms with Gasteiger partial charge in [0.15, 0.2) is 0 Å². The highest BCUT2D eigenvalue weighted by molar-refractivity contribution is 5.08. The summed E-state index contributed by atoms with van der Waals surface area (Å²) in [6.07, 6.45) is 0. The third-order valence-corrected chi connectivity index (χ3v) is 2.72. The van der Waals surface area contributed by atoms with Crippen molar-refractivity contribution in [1.29, 1.82) is 0 Å². The number of nitrogens with zero attached hydrogens (tertiary/aromatic N) is 1. The Morgan fingerprint density at radius 1 is 1.00 bits per heavy atom. The lowest BCUT2D eigenvalue weighted by atomic mass is 10.3. The number of nitrogens with one attached hydrogen (secondary N) is 1. The fraction of sp³-hybridized carbons (Fsp3) is 0.429. The predicted octanol–water partition coefficient (Wildman–Crippen LogP) is 2.53. The van der Waals surface area contributed by atoms with Crippen molar-refractivity contribution in [3.8, 4) is 0 Å². The van der Waals surface area contributed by atoms with Crippen molar-refractivity contribution in [2.24, 2.45) is 0 Å². The molecule has 0 atom stereocenters. The van der Waals surface area contributed by atoms with Crippen LogP contribution in [0.1, 0.15) is 23.0 Å². The van der Waals surface area contributed by atoms with Crippen molar-refractivity contribution in [1.82, 2.24) is 10.2 Å². The molecule has 4 nitrogen and oxygen atoms in total. The summed E-state index contributed by atoms with van der Waals surface area (Å²) >= 11 is 0. The van der Waals surface area contributed by atoms with Gasteiger partial charge in [0.1, 0.15) is 23.0 Å². The van der Waals surface area contributed by atoms with Gasteiger partial charge in [-0.1, -0.05) is 0 Å². The van der Waals surface area contributed by atoms with E-state index in [1.54, 1.807) is 0 Å². The van der Waals surface area contributed by atoms with E-state index in [9.17, 15) is 0 Å². The van der Waals surface area contributed by atoms with Crippen molar-refractivity contribution in [2.75, 3.05) is 14.1 Å². The van der Waals surface area contributed by atoms with Gasteiger partial charge in [0.2, 0.25) is 0 Å². The molecule has 98 valence electrons. The van der Waals surface area contributed by atoms with E-state index in [1.807, 2.05) is 38.2 Å². The molecule has 0 spiro atoms. The normalized spacial score (nSPS) is 11.3.